The molecule has 5 heterocycles. The summed E-state index contributed by atoms with van der Waals surface area (Å²) in [6.07, 6.45) is 3.15. The number of nitrogens with zero attached hydrogens (tertiary/aromatic N) is 4. The van der Waals surface area contributed by atoms with Gasteiger partial charge in [-0.05, 0) is 25.0 Å². The highest BCUT2D eigenvalue weighted by atomic mass is 35.5. The molecule has 3 saturated heterocycles. The Bertz CT molecular complexity index is 1170. The second-order valence-electron chi connectivity index (χ2n) is 7.62. The molecule has 0 saturated carbocycles. The monoisotopic (exact) mass is 468 g/mol. The van der Waals surface area contributed by atoms with Gasteiger partial charge in [-0.1, -0.05) is 11.6 Å². The number of fused-ring (bicyclic) bond motifs is 4. The summed E-state index contributed by atoms with van der Waals surface area (Å²) < 4.78 is 58.7. The van der Waals surface area contributed by atoms with Crippen molar-refractivity contribution in [2.45, 2.75) is 31.5 Å². The van der Waals surface area contributed by atoms with Gasteiger partial charge in [-0.3, -0.25) is 0 Å². The van der Waals surface area contributed by atoms with Gasteiger partial charge in [0.15, 0.2) is 23.3 Å². The second-order valence-corrected chi connectivity index (χ2v) is 7.99. The van der Waals surface area contributed by atoms with Crippen LogP contribution in [0.2, 0.25) is 5.02 Å². The van der Waals surface area contributed by atoms with Gasteiger partial charge in [0.1, 0.15) is 22.6 Å². The first-order valence-corrected chi connectivity index (χ1v) is 10.3. The van der Waals surface area contributed by atoms with Gasteiger partial charge >= 0.3 is 6.61 Å². The molecule has 32 heavy (non-hydrogen) atoms. The number of anilines is 3. The highest BCUT2D eigenvalue weighted by Crippen LogP contribution is 2.36. The molecule has 2 bridgehead atoms. The predicted octanol–water partition coefficient (Wildman–Crippen LogP) is 4.24. The van der Waals surface area contributed by atoms with Crippen LogP contribution in [0.25, 0.3) is 11.0 Å². The summed E-state index contributed by atoms with van der Waals surface area (Å²) in [4.78, 5) is 14.6. The second kappa shape index (κ2) is 8.21. The maximum absolute atomic E-state index is 14.9. The van der Waals surface area contributed by atoms with Gasteiger partial charge in [-0.2, -0.15) is 8.78 Å². The van der Waals surface area contributed by atoms with E-state index in [9.17, 15) is 17.6 Å². The van der Waals surface area contributed by atoms with E-state index in [-0.39, 0.29) is 40.4 Å². The van der Waals surface area contributed by atoms with Crippen LogP contribution < -0.4 is 20.3 Å². The summed E-state index contributed by atoms with van der Waals surface area (Å²) in [7, 11) is 0. The van der Waals surface area contributed by atoms with Crippen LogP contribution in [0.15, 0.2) is 24.5 Å². The number of hydrogen-bond donors (Lipinski definition) is 2. The van der Waals surface area contributed by atoms with Crippen LogP contribution in [-0.2, 0) is 0 Å². The normalized spacial score (nSPS) is 20.2. The van der Waals surface area contributed by atoms with Crippen LogP contribution in [0.1, 0.15) is 12.8 Å². The summed E-state index contributed by atoms with van der Waals surface area (Å²) in [5.41, 5.74) is 0.334. The molecular weight excluding hydrogens is 452 g/mol. The lowest BCUT2D eigenvalue weighted by Crippen LogP contribution is -2.61. The average molecular weight is 469 g/mol. The third-order valence-electron chi connectivity index (χ3n) is 5.68. The van der Waals surface area contributed by atoms with E-state index in [1.807, 2.05) is 4.90 Å². The van der Waals surface area contributed by atoms with Gasteiger partial charge in [-0.25, -0.2) is 23.7 Å². The average Bonchev–Trinajstić information content (AvgIpc) is 2.79. The minimum absolute atomic E-state index is 0.119. The number of nitrogens with one attached hydrogen (secondary N) is 2. The molecule has 6 rings (SSSR count). The quantitative estimate of drug-likeness (QED) is 0.542. The lowest BCUT2D eigenvalue weighted by atomic mass is 9.93. The Kier molecular flexibility index (Phi) is 5.38. The minimum atomic E-state index is -3.14. The number of piperidine rings is 2. The van der Waals surface area contributed by atoms with Crippen LogP contribution in [0.5, 0.6) is 5.75 Å². The van der Waals surface area contributed by atoms with Crippen LogP contribution >= 0.6 is 11.6 Å². The van der Waals surface area contributed by atoms with Crippen molar-refractivity contribution in [1.82, 2.24) is 20.3 Å². The fraction of sp³-hybridized carbons (Fsp3) is 0.350. The molecule has 0 spiro atoms. The molecule has 0 radical (unpaired) electrons. The van der Waals surface area contributed by atoms with Gasteiger partial charge in [0.05, 0.1) is 11.2 Å². The highest BCUT2D eigenvalue weighted by molar-refractivity contribution is 6.32. The first-order valence-electron chi connectivity index (χ1n) is 9.92. The van der Waals surface area contributed by atoms with Crippen LogP contribution in [-0.4, -0.2) is 46.7 Å². The van der Waals surface area contributed by atoms with E-state index in [4.69, 9.17) is 11.6 Å². The first-order chi connectivity index (χ1) is 15.4. The molecule has 3 fully saturated rings. The Morgan fingerprint density at radius 3 is 2.75 bits per heavy atom. The Hall–Kier alpha value is -2.92. The summed E-state index contributed by atoms with van der Waals surface area (Å²) in [6.45, 7) is -1.77. The molecule has 7 nitrogen and oxygen atoms in total. The van der Waals surface area contributed by atoms with E-state index in [1.54, 1.807) is 0 Å². The number of benzene rings is 1. The van der Waals surface area contributed by atoms with Crippen LogP contribution in [0.4, 0.5) is 34.9 Å². The summed E-state index contributed by atoms with van der Waals surface area (Å²) in [5, 5.41) is 5.55. The summed E-state index contributed by atoms with van der Waals surface area (Å²) >= 11 is 5.83. The largest absolute Gasteiger partial charge is 0.433 e. The fourth-order valence-electron chi connectivity index (χ4n) is 4.16. The van der Waals surface area contributed by atoms with E-state index < -0.39 is 29.0 Å². The number of pyridine rings is 1. The SMILES string of the molecule is Fc1cc2ncnc(Nc3ccc(OC(F)F)c(Cl)c3F)c2nc1N1C[C@@H]2CC[C@H]1CN2. The molecule has 0 amide bonds. The maximum Gasteiger partial charge on any atom is 0.387 e. The van der Waals surface area contributed by atoms with E-state index in [2.05, 4.69) is 30.3 Å². The molecule has 2 N–H and O–H groups in total. The molecular formula is C20H17ClF4N6O. The Morgan fingerprint density at radius 2 is 2.06 bits per heavy atom. The van der Waals surface area contributed by atoms with E-state index in [1.165, 1.54) is 18.5 Å². The minimum Gasteiger partial charge on any atom is -0.433 e. The van der Waals surface area contributed by atoms with Crippen molar-refractivity contribution in [2.24, 2.45) is 0 Å². The maximum atomic E-state index is 14.9. The van der Waals surface area contributed by atoms with Gasteiger partial charge < -0.3 is 20.3 Å². The van der Waals surface area contributed by atoms with Crippen molar-refractivity contribution in [3.8, 4) is 5.75 Å². The van der Waals surface area contributed by atoms with Crippen LogP contribution in [0.3, 0.4) is 0 Å². The molecule has 168 valence electrons. The molecule has 12 heteroatoms. The highest BCUT2D eigenvalue weighted by Gasteiger charge is 2.35. The van der Waals surface area contributed by atoms with E-state index in [0.717, 1.165) is 25.5 Å². The summed E-state index contributed by atoms with van der Waals surface area (Å²) in [6, 6.07) is 3.96. The van der Waals surface area contributed by atoms with Gasteiger partial charge in [0.2, 0.25) is 0 Å². The zero-order chi connectivity index (χ0) is 22.4. The van der Waals surface area contributed by atoms with Gasteiger partial charge in [0, 0.05) is 31.2 Å². The van der Waals surface area contributed by atoms with E-state index in [0.29, 0.717) is 6.54 Å². The van der Waals surface area contributed by atoms with Crippen LogP contribution in [0, 0.1) is 11.6 Å². The summed E-state index contributed by atoms with van der Waals surface area (Å²) in [5.74, 6) is -1.69. The first kappa shape index (κ1) is 21.0. The van der Waals surface area contributed by atoms with Gasteiger partial charge in [-0.15, -0.1) is 0 Å². The number of alkyl halides is 2. The Balaban J connectivity index is 1.52. The molecule has 1 aromatic carbocycles. The fourth-order valence-corrected chi connectivity index (χ4v) is 4.37. The number of halogens is 5. The standard InChI is InChI=1S/C20H17ClF4N6O/c21-15-14(32-20(24)25)4-3-12(16(15)23)29-18-17-13(27-8-28-18)5-11(22)19(30-17)31-7-9-1-2-10(31)6-26-9/h3-5,8-10,20,26H,1-2,6-7H2,(H,27,28,29)/t9-,10-/m0/s1. The molecule has 2 atom stereocenters. The van der Waals surface area contributed by atoms with Crippen molar-refractivity contribution in [2.75, 3.05) is 23.3 Å². The molecule has 3 aromatic rings. The zero-order valence-corrected chi connectivity index (χ0v) is 17.2. The number of aromatic nitrogens is 3. The third kappa shape index (κ3) is 3.75. The van der Waals surface area contributed by atoms with Crippen molar-refractivity contribution in [1.29, 1.82) is 0 Å². The number of rotatable bonds is 5. The van der Waals surface area contributed by atoms with Crippen molar-refractivity contribution < 1.29 is 22.3 Å². The number of hydrogen-bond acceptors (Lipinski definition) is 7. The smallest absolute Gasteiger partial charge is 0.387 e. The molecule has 3 aliphatic rings. The number of ether oxygens (including phenoxy) is 1. The molecule has 3 aliphatic heterocycles. The third-order valence-corrected chi connectivity index (χ3v) is 6.03. The Morgan fingerprint density at radius 1 is 1.22 bits per heavy atom. The Labute approximate surface area is 184 Å². The zero-order valence-electron chi connectivity index (χ0n) is 16.5. The lowest BCUT2D eigenvalue weighted by Gasteiger charge is -2.46. The number of piperazine rings is 1. The van der Waals surface area contributed by atoms with Crippen molar-refractivity contribution in [3.05, 3.63) is 41.2 Å². The van der Waals surface area contributed by atoms with E-state index >= 15 is 0 Å². The van der Waals surface area contributed by atoms with Crippen molar-refractivity contribution >= 4 is 40.0 Å². The lowest BCUT2D eigenvalue weighted by molar-refractivity contribution is -0.0499. The molecule has 0 aliphatic carbocycles. The predicted molar refractivity (Wildman–Crippen MR) is 111 cm³/mol. The van der Waals surface area contributed by atoms with Gasteiger partial charge in [0.25, 0.3) is 0 Å². The molecule has 0 unspecified atom stereocenters. The van der Waals surface area contributed by atoms with Crippen molar-refractivity contribution in [3.63, 3.8) is 0 Å². The molecule has 2 aromatic heterocycles. The topological polar surface area (TPSA) is 75.2 Å².